The van der Waals surface area contributed by atoms with Crippen molar-refractivity contribution in [1.82, 2.24) is 0 Å². The topological polar surface area (TPSA) is 0 Å². The van der Waals surface area contributed by atoms with Gasteiger partial charge >= 0.3 is 23.5 Å². The molecule has 98 valence electrons. The molecule has 16 heavy (non-hydrogen) atoms. The van der Waals surface area contributed by atoms with Gasteiger partial charge in [-0.2, -0.15) is 43.9 Å². The van der Waals surface area contributed by atoms with E-state index in [4.69, 9.17) is 0 Å². The van der Waals surface area contributed by atoms with Crippen molar-refractivity contribution in [2.75, 3.05) is 5.75 Å². The summed E-state index contributed by atoms with van der Waals surface area (Å²) in [7, 11) is 0. The SMILES string of the molecule is FC(F)(F)CSC(F)(F)C(F)(F)C(F)(F)F. The molecule has 0 radical (unpaired) electrons. The molecule has 0 aliphatic heterocycles. The second-order valence-electron chi connectivity index (χ2n) is 2.49. The van der Waals surface area contributed by atoms with Gasteiger partial charge in [0.15, 0.2) is 0 Å². The average Bonchev–Trinajstić information content (AvgIpc) is 1.97. The zero-order valence-corrected chi connectivity index (χ0v) is 7.71. The van der Waals surface area contributed by atoms with Gasteiger partial charge in [-0.3, -0.25) is 0 Å². The van der Waals surface area contributed by atoms with E-state index in [9.17, 15) is 43.9 Å². The van der Waals surface area contributed by atoms with Gasteiger partial charge in [-0.05, 0) is 0 Å². The van der Waals surface area contributed by atoms with Crippen molar-refractivity contribution in [2.45, 2.75) is 23.5 Å². The second-order valence-corrected chi connectivity index (χ2v) is 3.58. The maximum absolute atomic E-state index is 12.2. The number of halogens is 10. The highest BCUT2D eigenvalue weighted by molar-refractivity contribution is 8.00. The lowest BCUT2D eigenvalue weighted by Crippen LogP contribution is -2.50. The van der Waals surface area contributed by atoms with Crippen molar-refractivity contribution in [2.24, 2.45) is 0 Å². The van der Waals surface area contributed by atoms with Crippen LogP contribution in [0.2, 0.25) is 0 Å². The second kappa shape index (κ2) is 4.15. The molecule has 0 aliphatic rings. The van der Waals surface area contributed by atoms with Crippen LogP contribution in [0.15, 0.2) is 0 Å². The Balaban J connectivity index is 4.79. The summed E-state index contributed by atoms with van der Waals surface area (Å²) in [5, 5.41) is -5.87. The molecule has 0 saturated carbocycles. The number of hydrogen-bond acceptors (Lipinski definition) is 1. The molecule has 0 aliphatic carbocycles. The molecule has 11 heteroatoms. The van der Waals surface area contributed by atoms with Gasteiger partial charge in [-0.1, -0.05) is 11.8 Å². The molecule has 0 aromatic heterocycles. The van der Waals surface area contributed by atoms with E-state index in [-0.39, 0.29) is 0 Å². The maximum atomic E-state index is 12.2. The van der Waals surface area contributed by atoms with Crippen LogP contribution in [0.25, 0.3) is 0 Å². The third-order valence-electron chi connectivity index (χ3n) is 1.14. The summed E-state index contributed by atoms with van der Waals surface area (Å²) in [5.41, 5.74) is 0. The van der Waals surface area contributed by atoms with E-state index in [2.05, 4.69) is 0 Å². The van der Waals surface area contributed by atoms with Crippen molar-refractivity contribution < 1.29 is 43.9 Å². The smallest absolute Gasteiger partial charge is 0.188 e. The Morgan fingerprint density at radius 3 is 1.31 bits per heavy atom. The quantitative estimate of drug-likeness (QED) is 0.704. The molecule has 0 rings (SSSR count). The molecule has 0 unspecified atom stereocenters. The fourth-order valence-electron chi connectivity index (χ4n) is 0.428. The molecule has 0 atom stereocenters. The van der Waals surface area contributed by atoms with Crippen LogP contribution in [0.5, 0.6) is 0 Å². The number of rotatable bonds is 3. The van der Waals surface area contributed by atoms with Gasteiger partial charge in [0.25, 0.3) is 0 Å². The molecule has 0 aromatic rings. The van der Waals surface area contributed by atoms with Gasteiger partial charge in [0.1, 0.15) is 0 Å². The highest BCUT2D eigenvalue weighted by Gasteiger charge is 2.73. The van der Waals surface area contributed by atoms with Crippen molar-refractivity contribution >= 4 is 11.8 Å². The minimum absolute atomic E-state index is 1.81. The van der Waals surface area contributed by atoms with E-state index >= 15 is 0 Å². The van der Waals surface area contributed by atoms with Crippen LogP contribution < -0.4 is 0 Å². The molecular formula is C5H2F10S. The maximum Gasteiger partial charge on any atom is 0.460 e. The molecule has 0 spiro atoms. The molecule has 0 aromatic carbocycles. The van der Waals surface area contributed by atoms with Crippen molar-refractivity contribution in [3.8, 4) is 0 Å². The largest absolute Gasteiger partial charge is 0.460 e. The first kappa shape index (κ1) is 15.7. The first-order valence-electron chi connectivity index (χ1n) is 3.24. The van der Waals surface area contributed by atoms with Gasteiger partial charge < -0.3 is 0 Å². The Hall–Kier alpha value is -0.350. The van der Waals surface area contributed by atoms with Crippen LogP contribution in [-0.2, 0) is 0 Å². The van der Waals surface area contributed by atoms with Crippen LogP contribution >= 0.6 is 11.8 Å². The molecule has 0 fully saturated rings. The normalized spacial score (nSPS) is 15.4. The molecule has 0 saturated heterocycles. The Labute approximate surface area is 86.0 Å². The summed E-state index contributed by atoms with van der Waals surface area (Å²) in [6.45, 7) is 0. The Bertz CT molecular complexity index is 237. The summed E-state index contributed by atoms with van der Waals surface area (Å²) >= 11 is -1.81. The monoisotopic (exact) mass is 284 g/mol. The van der Waals surface area contributed by atoms with Crippen LogP contribution in [-0.4, -0.2) is 29.3 Å². The average molecular weight is 284 g/mol. The van der Waals surface area contributed by atoms with Crippen molar-refractivity contribution in [1.29, 1.82) is 0 Å². The number of alkyl halides is 10. The van der Waals surface area contributed by atoms with Gasteiger partial charge in [-0.15, -0.1) is 0 Å². The molecule has 0 amide bonds. The zero-order valence-electron chi connectivity index (χ0n) is 6.89. The van der Waals surface area contributed by atoms with E-state index < -0.39 is 41.0 Å². The van der Waals surface area contributed by atoms with Crippen LogP contribution in [0.4, 0.5) is 43.9 Å². The Morgan fingerprint density at radius 2 is 1.06 bits per heavy atom. The Kier molecular flexibility index (Phi) is 4.06. The lowest BCUT2D eigenvalue weighted by molar-refractivity contribution is -0.330. The number of thioether (sulfide) groups is 1. The van der Waals surface area contributed by atoms with E-state index in [0.29, 0.717) is 0 Å². The van der Waals surface area contributed by atoms with Gasteiger partial charge in [0.05, 0.1) is 5.75 Å². The van der Waals surface area contributed by atoms with E-state index in [0.717, 1.165) is 0 Å². The predicted molar refractivity (Wildman–Crippen MR) is 34.5 cm³/mol. The summed E-state index contributed by atoms with van der Waals surface area (Å²) in [6.07, 6.45) is -11.9. The lowest BCUT2D eigenvalue weighted by Gasteiger charge is -2.27. The van der Waals surface area contributed by atoms with E-state index in [1.807, 2.05) is 0 Å². The van der Waals surface area contributed by atoms with Gasteiger partial charge in [-0.25, -0.2) is 0 Å². The van der Waals surface area contributed by atoms with Crippen molar-refractivity contribution in [3.63, 3.8) is 0 Å². The Morgan fingerprint density at radius 1 is 0.688 bits per heavy atom. The highest BCUT2D eigenvalue weighted by atomic mass is 32.2. The zero-order chi connectivity index (χ0) is 13.4. The van der Waals surface area contributed by atoms with Gasteiger partial charge in [0.2, 0.25) is 0 Å². The van der Waals surface area contributed by atoms with Crippen molar-refractivity contribution in [3.05, 3.63) is 0 Å². The summed E-state index contributed by atoms with van der Waals surface area (Å²) in [4.78, 5) is 0. The summed E-state index contributed by atoms with van der Waals surface area (Å²) in [5.74, 6) is -9.03. The fraction of sp³-hybridized carbons (Fsp3) is 1.00. The minimum Gasteiger partial charge on any atom is -0.188 e. The first-order valence-corrected chi connectivity index (χ1v) is 4.22. The molecular weight excluding hydrogens is 282 g/mol. The molecule has 0 bridgehead atoms. The van der Waals surface area contributed by atoms with E-state index in [1.165, 1.54) is 0 Å². The predicted octanol–water partition coefficient (Wildman–Crippen LogP) is 4.07. The minimum atomic E-state index is -6.62. The van der Waals surface area contributed by atoms with Crippen LogP contribution in [0, 0.1) is 0 Å². The third-order valence-corrected chi connectivity index (χ3v) is 2.23. The molecule has 0 nitrogen and oxygen atoms in total. The molecule has 0 heterocycles. The third kappa shape index (κ3) is 3.59. The fourth-order valence-corrected chi connectivity index (χ4v) is 1.07. The molecule has 0 N–H and O–H groups in total. The van der Waals surface area contributed by atoms with E-state index in [1.54, 1.807) is 0 Å². The van der Waals surface area contributed by atoms with Crippen LogP contribution in [0.1, 0.15) is 0 Å². The highest BCUT2D eigenvalue weighted by Crippen LogP contribution is 2.52. The van der Waals surface area contributed by atoms with Gasteiger partial charge in [0, 0.05) is 0 Å². The standard InChI is InChI=1S/C5H2F10S/c6-2(7,8)1-16-5(14,15)3(9,10)4(11,12)13/h1H2. The summed E-state index contributed by atoms with van der Waals surface area (Å²) in [6, 6.07) is 0. The lowest BCUT2D eigenvalue weighted by atomic mass is 10.3. The first-order chi connectivity index (χ1) is 6.71. The van der Waals surface area contributed by atoms with Crippen LogP contribution in [0.3, 0.4) is 0 Å². The number of hydrogen-bond donors (Lipinski definition) is 0. The summed E-state index contributed by atoms with van der Waals surface area (Å²) < 4.78 is 117.